The molecule has 0 spiro atoms. The smallest absolute Gasteiger partial charge is 0.262 e. The van der Waals surface area contributed by atoms with Gasteiger partial charge in [0.25, 0.3) is 5.91 Å². The van der Waals surface area contributed by atoms with Crippen LogP contribution in [0.1, 0.15) is 5.69 Å². The average Bonchev–Trinajstić information content (AvgIpc) is 2.94. The number of hydrogen-bond acceptors (Lipinski definition) is 5. The van der Waals surface area contributed by atoms with E-state index >= 15 is 0 Å². The summed E-state index contributed by atoms with van der Waals surface area (Å²) in [7, 11) is 0. The second kappa shape index (κ2) is 5.80. The number of rotatable bonds is 4. The average molecular weight is 302 g/mol. The van der Waals surface area contributed by atoms with Gasteiger partial charge in [-0.3, -0.25) is 9.59 Å². The fourth-order valence-electron chi connectivity index (χ4n) is 2.06. The molecule has 0 unspecified atom stereocenters. The van der Waals surface area contributed by atoms with Crippen LogP contribution < -0.4 is 25.0 Å². The molecule has 1 aromatic carbocycles. The van der Waals surface area contributed by atoms with Crippen LogP contribution in [0.15, 0.2) is 35.3 Å². The number of amides is 1. The first kappa shape index (κ1) is 14.0. The van der Waals surface area contributed by atoms with Crippen molar-refractivity contribution in [2.24, 2.45) is 0 Å². The molecular weight excluding hydrogens is 288 g/mol. The molecule has 1 amide bonds. The second-order valence-corrected chi connectivity index (χ2v) is 4.70. The van der Waals surface area contributed by atoms with Gasteiger partial charge in [-0.2, -0.15) is 0 Å². The van der Waals surface area contributed by atoms with Crippen LogP contribution in [0.4, 0.5) is 5.69 Å². The van der Waals surface area contributed by atoms with E-state index in [-0.39, 0.29) is 30.5 Å². The van der Waals surface area contributed by atoms with Crippen LogP contribution in [0, 0.1) is 6.92 Å². The molecule has 22 heavy (non-hydrogen) atoms. The summed E-state index contributed by atoms with van der Waals surface area (Å²) in [6.45, 7) is 1.61. The van der Waals surface area contributed by atoms with E-state index in [1.807, 2.05) is 0 Å². The Balaban J connectivity index is 1.62. The van der Waals surface area contributed by atoms with Gasteiger partial charge in [0, 0.05) is 24.0 Å². The summed E-state index contributed by atoms with van der Waals surface area (Å²) in [6, 6.07) is 6.43. The number of fused-ring (bicyclic) bond motifs is 1. The number of aryl methyl sites for hydroxylation is 1. The largest absolute Gasteiger partial charge is 0.478 e. The Morgan fingerprint density at radius 3 is 2.95 bits per heavy atom. The monoisotopic (exact) mass is 302 g/mol. The van der Waals surface area contributed by atoms with E-state index < -0.39 is 0 Å². The van der Waals surface area contributed by atoms with Crippen LogP contribution >= 0.6 is 0 Å². The number of anilines is 1. The standard InChI is InChI=1S/C15H14N2O5/c1-9-15(11(18)4-5-16-9)20-7-14(19)17-10-2-3-12-13(6-10)22-8-21-12/h2-6H,7-8H2,1H3,(H,16,18)(H,17,19). The minimum atomic E-state index is -0.374. The molecule has 0 aliphatic carbocycles. The molecule has 7 nitrogen and oxygen atoms in total. The molecule has 1 aromatic heterocycles. The van der Waals surface area contributed by atoms with Gasteiger partial charge in [0.2, 0.25) is 12.2 Å². The number of pyridine rings is 1. The molecule has 0 bridgehead atoms. The van der Waals surface area contributed by atoms with Crippen molar-refractivity contribution < 1.29 is 19.0 Å². The lowest BCUT2D eigenvalue weighted by atomic mass is 10.3. The van der Waals surface area contributed by atoms with E-state index in [1.54, 1.807) is 25.1 Å². The molecule has 0 fully saturated rings. The van der Waals surface area contributed by atoms with E-state index in [0.717, 1.165) is 0 Å². The predicted molar refractivity (Wildman–Crippen MR) is 78.5 cm³/mol. The van der Waals surface area contributed by atoms with Crippen molar-refractivity contribution in [3.63, 3.8) is 0 Å². The van der Waals surface area contributed by atoms with Gasteiger partial charge in [0.15, 0.2) is 23.9 Å². The maximum absolute atomic E-state index is 11.9. The highest BCUT2D eigenvalue weighted by Gasteiger charge is 2.14. The molecule has 0 saturated carbocycles. The highest BCUT2D eigenvalue weighted by Crippen LogP contribution is 2.34. The molecule has 114 valence electrons. The lowest BCUT2D eigenvalue weighted by Gasteiger charge is -2.09. The Kier molecular flexibility index (Phi) is 3.69. The van der Waals surface area contributed by atoms with Crippen LogP contribution in [-0.2, 0) is 4.79 Å². The minimum absolute atomic E-state index is 0.142. The van der Waals surface area contributed by atoms with E-state index in [2.05, 4.69) is 10.3 Å². The molecule has 0 radical (unpaired) electrons. The normalized spacial score (nSPS) is 12.0. The molecule has 2 aromatic rings. The summed E-state index contributed by atoms with van der Waals surface area (Å²) in [5.74, 6) is 0.986. The van der Waals surface area contributed by atoms with Crippen LogP contribution in [-0.4, -0.2) is 24.3 Å². The van der Waals surface area contributed by atoms with Crippen LogP contribution in [0.25, 0.3) is 0 Å². The first-order valence-electron chi connectivity index (χ1n) is 6.64. The van der Waals surface area contributed by atoms with E-state index in [1.165, 1.54) is 12.3 Å². The molecule has 0 atom stereocenters. The maximum atomic E-state index is 11.9. The third kappa shape index (κ3) is 2.88. The first-order chi connectivity index (χ1) is 10.6. The zero-order chi connectivity index (χ0) is 15.5. The minimum Gasteiger partial charge on any atom is -0.478 e. The number of hydrogen-bond donors (Lipinski definition) is 2. The third-order valence-corrected chi connectivity index (χ3v) is 3.10. The number of nitrogens with one attached hydrogen (secondary N) is 2. The quantitative estimate of drug-likeness (QED) is 0.891. The van der Waals surface area contributed by atoms with Crippen molar-refractivity contribution in [1.82, 2.24) is 4.98 Å². The molecule has 0 saturated heterocycles. The molecule has 2 heterocycles. The van der Waals surface area contributed by atoms with Crippen LogP contribution in [0.5, 0.6) is 17.2 Å². The van der Waals surface area contributed by atoms with Crippen molar-refractivity contribution in [2.45, 2.75) is 6.92 Å². The molecule has 2 N–H and O–H groups in total. The van der Waals surface area contributed by atoms with Gasteiger partial charge in [-0.15, -0.1) is 0 Å². The molecular formula is C15H14N2O5. The Morgan fingerprint density at radius 1 is 1.32 bits per heavy atom. The van der Waals surface area contributed by atoms with Gasteiger partial charge >= 0.3 is 0 Å². The summed E-state index contributed by atoms with van der Waals surface area (Å²) >= 11 is 0. The molecule has 7 heteroatoms. The van der Waals surface area contributed by atoms with E-state index in [4.69, 9.17) is 14.2 Å². The predicted octanol–water partition coefficient (Wildman–Crippen LogP) is 1.43. The van der Waals surface area contributed by atoms with Crippen molar-refractivity contribution >= 4 is 11.6 Å². The maximum Gasteiger partial charge on any atom is 0.262 e. The topological polar surface area (TPSA) is 89.7 Å². The molecule has 1 aliphatic rings. The van der Waals surface area contributed by atoms with Crippen molar-refractivity contribution in [2.75, 3.05) is 18.7 Å². The number of ether oxygens (including phenoxy) is 3. The Morgan fingerprint density at radius 2 is 2.14 bits per heavy atom. The van der Waals surface area contributed by atoms with Crippen LogP contribution in [0.2, 0.25) is 0 Å². The molecule has 1 aliphatic heterocycles. The lowest BCUT2D eigenvalue weighted by Crippen LogP contribution is -2.22. The number of aromatic amines is 1. The summed E-state index contributed by atoms with van der Waals surface area (Å²) < 4.78 is 15.7. The fourth-order valence-corrected chi connectivity index (χ4v) is 2.06. The number of aromatic nitrogens is 1. The van der Waals surface area contributed by atoms with E-state index in [9.17, 15) is 9.59 Å². The summed E-state index contributed by atoms with van der Waals surface area (Å²) in [5.41, 5.74) is 0.868. The van der Waals surface area contributed by atoms with Gasteiger partial charge < -0.3 is 24.5 Å². The Hall–Kier alpha value is -2.96. The zero-order valence-corrected chi connectivity index (χ0v) is 11.8. The van der Waals surface area contributed by atoms with Crippen molar-refractivity contribution in [3.05, 3.63) is 46.4 Å². The Labute approximate surface area is 125 Å². The van der Waals surface area contributed by atoms with Gasteiger partial charge in [-0.1, -0.05) is 0 Å². The van der Waals surface area contributed by atoms with Gasteiger partial charge in [0.1, 0.15) is 0 Å². The summed E-state index contributed by atoms with van der Waals surface area (Å²) in [5, 5.41) is 2.67. The van der Waals surface area contributed by atoms with Gasteiger partial charge in [0.05, 0.1) is 5.69 Å². The molecule has 3 rings (SSSR count). The number of H-pyrrole nitrogens is 1. The number of carbonyl (C=O) groups is 1. The van der Waals surface area contributed by atoms with Crippen LogP contribution in [0.3, 0.4) is 0 Å². The number of carbonyl (C=O) groups excluding carboxylic acids is 1. The van der Waals surface area contributed by atoms with Gasteiger partial charge in [-0.25, -0.2) is 0 Å². The highest BCUT2D eigenvalue weighted by molar-refractivity contribution is 5.92. The zero-order valence-electron chi connectivity index (χ0n) is 11.8. The van der Waals surface area contributed by atoms with E-state index in [0.29, 0.717) is 22.9 Å². The summed E-state index contributed by atoms with van der Waals surface area (Å²) in [6.07, 6.45) is 1.53. The van der Waals surface area contributed by atoms with Crippen molar-refractivity contribution in [3.8, 4) is 17.2 Å². The highest BCUT2D eigenvalue weighted by atomic mass is 16.7. The van der Waals surface area contributed by atoms with Crippen molar-refractivity contribution in [1.29, 1.82) is 0 Å². The Bertz CT molecular complexity index is 769. The third-order valence-electron chi connectivity index (χ3n) is 3.10. The lowest BCUT2D eigenvalue weighted by molar-refractivity contribution is -0.118. The fraction of sp³-hybridized carbons (Fsp3) is 0.200. The first-order valence-corrected chi connectivity index (χ1v) is 6.64. The second-order valence-electron chi connectivity index (χ2n) is 4.70. The number of benzene rings is 1. The van der Waals surface area contributed by atoms with Gasteiger partial charge in [-0.05, 0) is 19.1 Å². The SMILES string of the molecule is Cc1[nH]ccc(=O)c1OCC(=O)Nc1ccc2c(c1)OCO2. The summed E-state index contributed by atoms with van der Waals surface area (Å²) in [4.78, 5) is 26.4.